The molecule has 0 aromatic heterocycles. The minimum atomic E-state index is -4.47. The highest BCUT2D eigenvalue weighted by molar-refractivity contribution is 7.47. The molecule has 2 N–H and O–H groups in total. The fraction of sp³-hybridized carbons (Fsp3) is 0.707. The molecule has 0 spiro atoms. The van der Waals surface area contributed by atoms with Gasteiger partial charge in [0.05, 0.1) is 33.8 Å². The highest BCUT2D eigenvalue weighted by Gasteiger charge is 2.30. The maximum absolute atomic E-state index is 13.6. The van der Waals surface area contributed by atoms with Crippen LogP contribution in [-0.4, -0.2) is 74.3 Å². The van der Waals surface area contributed by atoms with E-state index in [1.165, 1.54) is 128 Å². The SMILES string of the molecule is CC/C=C\C/C=C\C/C=C\C/C=C\C/C=C\CCCCCCCCCCCCCC(=O)OC(/C=C\CCCCCCCCCCC)C(COP(=O)(O)OCC[N+](C)(C)C)NC(=O)CCCCCCC/C=C\C/C=C\C/C=C\C/C=C\CCCCC. The van der Waals surface area contributed by atoms with Crippen molar-refractivity contribution in [1.29, 1.82) is 0 Å². The van der Waals surface area contributed by atoms with Crippen molar-refractivity contribution >= 4 is 19.7 Å². The van der Waals surface area contributed by atoms with Gasteiger partial charge >= 0.3 is 13.8 Å². The van der Waals surface area contributed by atoms with Crippen molar-refractivity contribution < 1.29 is 37.3 Å². The monoisotopic (exact) mass is 1200 g/mol. The predicted octanol–water partition coefficient (Wildman–Crippen LogP) is 22.2. The van der Waals surface area contributed by atoms with E-state index in [2.05, 4.69) is 135 Å². The molecule has 3 atom stereocenters. The molecule has 85 heavy (non-hydrogen) atoms. The Hall–Kier alpha value is -3.59. The van der Waals surface area contributed by atoms with Gasteiger partial charge in [-0.1, -0.05) is 277 Å². The van der Waals surface area contributed by atoms with Crippen molar-refractivity contribution in [2.75, 3.05) is 40.9 Å². The number of likely N-dealkylation sites (N-methyl/N-ethyl adjacent to an activating group) is 1. The lowest BCUT2D eigenvalue weighted by molar-refractivity contribution is -0.870. The van der Waals surface area contributed by atoms with E-state index < -0.39 is 20.0 Å². The van der Waals surface area contributed by atoms with Crippen LogP contribution in [0.2, 0.25) is 0 Å². The Morgan fingerprint density at radius 3 is 1.15 bits per heavy atom. The molecule has 0 rings (SSSR count). The summed E-state index contributed by atoms with van der Waals surface area (Å²) in [7, 11) is 1.47. The number of nitrogens with zero attached hydrogens (tertiary/aromatic N) is 1. The first-order valence-corrected chi connectivity index (χ1v) is 36.4. The molecular weight excluding hydrogens is 1070 g/mol. The minimum Gasteiger partial charge on any atom is -0.456 e. The smallest absolute Gasteiger partial charge is 0.456 e. The molecule has 0 aliphatic rings. The van der Waals surface area contributed by atoms with Crippen LogP contribution in [0.1, 0.15) is 290 Å². The largest absolute Gasteiger partial charge is 0.472 e. The molecule has 9 nitrogen and oxygen atoms in total. The molecule has 3 unspecified atom stereocenters. The van der Waals surface area contributed by atoms with Crippen LogP contribution in [-0.2, 0) is 27.9 Å². The van der Waals surface area contributed by atoms with Crippen LogP contribution in [0.5, 0.6) is 0 Å². The summed E-state index contributed by atoms with van der Waals surface area (Å²) in [6, 6.07) is -0.868. The van der Waals surface area contributed by atoms with E-state index in [1.807, 2.05) is 33.3 Å². The van der Waals surface area contributed by atoms with Gasteiger partial charge in [0.2, 0.25) is 5.91 Å². The van der Waals surface area contributed by atoms with Crippen LogP contribution in [0.15, 0.2) is 122 Å². The molecule has 488 valence electrons. The highest BCUT2D eigenvalue weighted by atomic mass is 31.2. The molecule has 0 saturated carbocycles. The number of quaternary nitrogens is 1. The molecule has 0 heterocycles. The highest BCUT2D eigenvalue weighted by Crippen LogP contribution is 2.43. The number of phosphoric acid groups is 1. The van der Waals surface area contributed by atoms with Gasteiger partial charge in [-0.05, 0) is 122 Å². The van der Waals surface area contributed by atoms with Gasteiger partial charge in [-0.3, -0.25) is 18.6 Å². The topological polar surface area (TPSA) is 111 Å². The maximum atomic E-state index is 13.6. The van der Waals surface area contributed by atoms with E-state index in [-0.39, 0.29) is 31.5 Å². The number of ether oxygens (including phenoxy) is 1. The number of nitrogens with one attached hydrogen (secondary N) is 1. The van der Waals surface area contributed by atoms with Crippen molar-refractivity contribution in [2.24, 2.45) is 0 Å². The quantitative estimate of drug-likeness (QED) is 0.0205. The van der Waals surface area contributed by atoms with E-state index in [9.17, 15) is 19.0 Å². The van der Waals surface area contributed by atoms with Crippen molar-refractivity contribution in [2.45, 2.75) is 303 Å². The molecule has 0 aromatic carbocycles. The van der Waals surface area contributed by atoms with Gasteiger partial charge < -0.3 is 19.4 Å². The standard InChI is InChI=1S/C75H131N2O7P/c1-7-10-13-16-19-22-25-27-29-31-33-35-36-37-38-39-40-42-44-46-48-50-53-56-59-62-65-68-75(79)84-73(66-63-60-57-54-51-24-21-18-15-12-9-3)72(71-83-85(80,81)82-70-69-77(4,5)6)76-74(78)67-64-61-58-55-52-49-47-45-43-41-34-32-30-28-26-23-20-17-14-11-8-2/h10,13,19-20,22-23,27-30,33-35,37-38,41,45,47,63,66,72-73H,7-9,11-12,14-18,21,24-26,31-32,36,39-40,42-44,46,48-62,64-65,67-71H2,1-6H3,(H-,76,78,80,81)/p+1/b13-10-,22-19-,23-20-,29-27-,30-28-,35-33-,38-37-,41-34-,47-45-,66-63-. The van der Waals surface area contributed by atoms with E-state index in [1.54, 1.807) is 0 Å². The van der Waals surface area contributed by atoms with Crippen LogP contribution in [0.3, 0.4) is 0 Å². The molecule has 10 heteroatoms. The summed E-state index contributed by atoms with van der Waals surface area (Å²) in [5.74, 6) is -0.533. The Kier molecular flexibility index (Phi) is 60.8. The molecule has 0 radical (unpaired) electrons. The zero-order valence-electron chi connectivity index (χ0n) is 55.8. The number of carbonyl (C=O) groups is 2. The van der Waals surface area contributed by atoms with Crippen molar-refractivity contribution in [3.8, 4) is 0 Å². The number of allylic oxidation sites excluding steroid dienone is 19. The second kappa shape index (κ2) is 63.4. The van der Waals surface area contributed by atoms with Gasteiger partial charge in [-0.25, -0.2) is 4.57 Å². The van der Waals surface area contributed by atoms with Crippen LogP contribution in [0.4, 0.5) is 0 Å². The van der Waals surface area contributed by atoms with Gasteiger partial charge in [0, 0.05) is 12.8 Å². The molecule has 0 aliphatic carbocycles. The second-order valence-corrected chi connectivity index (χ2v) is 25.8. The summed E-state index contributed by atoms with van der Waals surface area (Å²) in [6.45, 7) is 6.85. The van der Waals surface area contributed by atoms with E-state index in [0.29, 0.717) is 17.4 Å². The second-order valence-electron chi connectivity index (χ2n) is 24.3. The summed E-state index contributed by atoms with van der Waals surface area (Å²) < 4.78 is 30.8. The van der Waals surface area contributed by atoms with Crippen LogP contribution < -0.4 is 5.32 Å². The maximum Gasteiger partial charge on any atom is 0.472 e. The molecule has 0 aromatic rings. The van der Waals surface area contributed by atoms with Gasteiger partial charge in [-0.2, -0.15) is 0 Å². The Morgan fingerprint density at radius 1 is 0.424 bits per heavy atom. The summed E-state index contributed by atoms with van der Waals surface area (Å²) in [5, 5.41) is 3.05. The molecular formula is C75H132N2O7P+. The van der Waals surface area contributed by atoms with E-state index in [0.717, 1.165) is 128 Å². The first-order valence-electron chi connectivity index (χ1n) is 34.9. The lowest BCUT2D eigenvalue weighted by Crippen LogP contribution is -2.47. The van der Waals surface area contributed by atoms with Crippen molar-refractivity contribution in [3.05, 3.63) is 122 Å². The first kappa shape index (κ1) is 81.4. The molecule has 0 bridgehead atoms. The van der Waals surface area contributed by atoms with E-state index in [4.69, 9.17) is 13.8 Å². The number of amides is 1. The predicted molar refractivity (Wildman–Crippen MR) is 369 cm³/mol. The normalized spacial score (nSPS) is 14.3. The van der Waals surface area contributed by atoms with Crippen molar-refractivity contribution in [3.63, 3.8) is 0 Å². The number of esters is 1. The number of phosphoric ester groups is 1. The molecule has 0 aliphatic heterocycles. The summed E-state index contributed by atoms with van der Waals surface area (Å²) in [4.78, 5) is 37.9. The average Bonchev–Trinajstić information content (AvgIpc) is 3.59. The third-order valence-corrected chi connectivity index (χ3v) is 15.9. The first-order chi connectivity index (χ1) is 41.4. The third kappa shape index (κ3) is 64.7. The number of carbonyl (C=O) groups excluding carboxylic acids is 2. The Bertz CT molecular complexity index is 1870. The van der Waals surface area contributed by atoms with Crippen molar-refractivity contribution in [1.82, 2.24) is 5.32 Å². The average molecular weight is 1200 g/mol. The fourth-order valence-corrected chi connectivity index (χ4v) is 10.3. The molecule has 0 saturated heterocycles. The van der Waals surface area contributed by atoms with Crippen LogP contribution >= 0.6 is 7.82 Å². The summed E-state index contributed by atoms with van der Waals surface area (Å²) in [6.07, 6.45) is 89.2. The zero-order valence-corrected chi connectivity index (χ0v) is 56.7. The number of hydrogen-bond acceptors (Lipinski definition) is 6. The van der Waals surface area contributed by atoms with Crippen LogP contribution in [0.25, 0.3) is 0 Å². The van der Waals surface area contributed by atoms with Gasteiger partial charge in [0.15, 0.2) is 0 Å². The van der Waals surface area contributed by atoms with Gasteiger partial charge in [0.1, 0.15) is 19.3 Å². The van der Waals surface area contributed by atoms with Gasteiger partial charge in [0.25, 0.3) is 0 Å². The number of unbranched alkanes of at least 4 members (excludes halogenated alkanes) is 28. The Balaban J connectivity index is 5.09. The lowest BCUT2D eigenvalue weighted by Gasteiger charge is -2.27. The molecule has 1 amide bonds. The number of hydrogen-bond donors (Lipinski definition) is 2. The van der Waals surface area contributed by atoms with E-state index >= 15 is 0 Å². The third-order valence-electron chi connectivity index (χ3n) is 14.9. The van der Waals surface area contributed by atoms with Crippen LogP contribution in [0, 0.1) is 0 Å². The lowest BCUT2D eigenvalue weighted by atomic mass is 10.0. The zero-order chi connectivity index (χ0) is 62.1. The Morgan fingerprint density at radius 2 is 0.753 bits per heavy atom. The summed E-state index contributed by atoms with van der Waals surface area (Å²) in [5.41, 5.74) is 0. The van der Waals surface area contributed by atoms with Gasteiger partial charge in [-0.15, -0.1) is 0 Å². The summed E-state index contributed by atoms with van der Waals surface area (Å²) >= 11 is 0. The minimum absolute atomic E-state index is 0.0302. The molecule has 0 fully saturated rings. The number of rotatable bonds is 62. The Labute approximate surface area is 524 Å². The fourth-order valence-electron chi connectivity index (χ4n) is 9.54.